The molecule has 0 aliphatic carbocycles. The zero-order chi connectivity index (χ0) is 19.8. The molecule has 0 unspecified atom stereocenters. The number of fused-ring (bicyclic) bond motifs is 1. The lowest BCUT2D eigenvalue weighted by atomic mass is 9.92. The van der Waals surface area contributed by atoms with Gasteiger partial charge in [0.25, 0.3) is 18.0 Å². The Morgan fingerprint density at radius 1 is 1.32 bits per heavy atom. The Balaban J connectivity index is 1.61. The van der Waals surface area contributed by atoms with Gasteiger partial charge < -0.3 is 13.9 Å². The van der Waals surface area contributed by atoms with E-state index in [-0.39, 0.29) is 34.2 Å². The molecule has 1 amide bonds. The fourth-order valence-electron chi connectivity index (χ4n) is 3.67. The van der Waals surface area contributed by atoms with E-state index < -0.39 is 6.43 Å². The molecule has 148 valence electrons. The molecule has 1 aliphatic heterocycles. The van der Waals surface area contributed by atoms with E-state index in [2.05, 4.69) is 15.3 Å². The number of rotatable bonds is 4. The second-order valence-electron chi connectivity index (χ2n) is 7.01. The predicted octanol–water partition coefficient (Wildman–Crippen LogP) is 4.04. The van der Waals surface area contributed by atoms with Crippen LogP contribution in [-0.4, -0.2) is 39.2 Å². The van der Waals surface area contributed by atoms with Crippen molar-refractivity contribution in [1.82, 2.24) is 20.2 Å². The summed E-state index contributed by atoms with van der Waals surface area (Å²) in [5.41, 5.74) is 1.57. The number of carbonyl (C=O) groups is 1. The molecule has 3 aromatic rings. The zero-order valence-electron chi connectivity index (χ0n) is 15.6. The predicted molar refractivity (Wildman–Crippen MR) is 95.3 cm³/mol. The Kier molecular flexibility index (Phi) is 4.82. The van der Waals surface area contributed by atoms with E-state index in [1.807, 2.05) is 6.92 Å². The SMILES string of the molecule is CCc1cc(C(=O)N2CCC[C@@H](c3cc(C(F)F)c4c(C)noc4n3)C2)on1. The summed E-state index contributed by atoms with van der Waals surface area (Å²) in [5, 5.41) is 7.88. The first-order valence-electron chi connectivity index (χ1n) is 9.27. The average molecular weight is 390 g/mol. The highest BCUT2D eigenvalue weighted by Gasteiger charge is 2.30. The summed E-state index contributed by atoms with van der Waals surface area (Å²) in [4.78, 5) is 18.8. The Morgan fingerprint density at radius 3 is 2.86 bits per heavy atom. The van der Waals surface area contributed by atoms with Crippen molar-refractivity contribution in [3.63, 3.8) is 0 Å². The van der Waals surface area contributed by atoms with Crippen molar-refractivity contribution in [2.75, 3.05) is 13.1 Å². The van der Waals surface area contributed by atoms with E-state index in [9.17, 15) is 13.6 Å². The van der Waals surface area contributed by atoms with Gasteiger partial charge in [0.05, 0.1) is 16.8 Å². The molecular weight excluding hydrogens is 370 g/mol. The number of alkyl halides is 2. The standard InChI is InChI=1S/C19H20F2N4O3/c1-3-12-7-15(27-24-12)19(26)25-6-4-5-11(9-25)14-8-13(17(20)21)16-10(2)23-28-18(16)22-14/h7-8,11,17H,3-6,9H2,1-2H3/t11-/m1/s1. The van der Waals surface area contributed by atoms with E-state index in [1.54, 1.807) is 17.9 Å². The molecule has 0 saturated carbocycles. The van der Waals surface area contributed by atoms with Gasteiger partial charge in [0.2, 0.25) is 5.76 Å². The van der Waals surface area contributed by atoms with Crippen molar-refractivity contribution >= 4 is 17.0 Å². The fraction of sp³-hybridized carbons (Fsp3) is 0.474. The smallest absolute Gasteiger partial charge is 0.292 e. The molecule has 9 heteroatoms. The van der Waals surface area contributed by atoms with E-state index >= 15 is 0 Å². The van der Waals surface area contributed by atoms with Gasteiger partial charge in [-0.15, -0.1) is 0 Å². The Morgan fingerprint density at radius 2 is 2.14 bits per heavy atom. The van der Waals surface area contributed by atoms with Crippen LogP contribution in [0, 0.1) is 6.92 Å². The highest BCUT2D eigenvalue weighted by atomic mass is 19.3. The maximum atomic E-state index is 13.6. The van der Waals surface area contributed by atoms with Crippen molar-refractivity contribution in [2.45, 2.75) is 45.5 Å². The Hall–Kier alpha value is -2.84. The molecule has 0 N–H and O–H groups in total. The number of amides is 1. The van der Waals surface area contributed by atoms with Crippen LogP contribution in [0.3, 0.4) is 0 Å². The van der Waals surface area contributed by atoms with E-state index in [4.69, 9.17) is 9.05 Å². The molecule has 0 bridgehead atoms. The highest BCUT2D eigenvalue weighted by Crippen LogP contribution is 2.34. The monoisotopic (exact) mass is 390 g/mol. The number of hydrogen-bond acceptors (Lipinski definition) is 6. The number of nitrogens with zero attached hydrogens (tertiary/aromatic N) is 4. The van der Waals surface area contributed by atoms with Gasteiger partial charge in [-0.3, -0.25) is 4.79 Å². The molecule has 3 aromatic heterocycles. The second-order valence-corrected chi connectivity index (χ2v) is 7.01. The molecular formula is C19H20F2N4O3. The highest BCUT2D eigenvalue weighted by molar-refractivity contribution is 5.91. The maximum Gasteiger partial charge on any atom is 0.292 e. The lowest BCUT2D eigenvalue weighted by Crippen LogP contribution is -2.39. The molecule has 1 fully saturated rings. The lowest BCUT2D eigenvalue weighted by molar-refractivity contribution is 0.0663. The van der Waals surface area contributed by atoms with Gasteiger partial charge in [0.15, 0.2) is 0 Å². The van der Waals surface area contributed by atoms with Crippen LogP contribution in [-0.2, 0) is 6.42 Å². The summed E-state index contributed by atoms with van der Waals surface area (Å²) < 4.78 is 37.4. The first-order valence-corrected chi connectivity index (χ1v) is 9.27. The molecule has 4 heterocycles. The molecule has 1 atom stereocenters. The van der Waals surface area contributed by atoms with Crippen LogP contribution in [0.15, 0.2) is 21.2 Å². The first kappa shape index (κ1) is 18.5. The summed E-state index contributed by atoms with van der Waals surface area (Å²) >= 11 is 0. The van der Waals surface area contributed by atoms with Crippen LogP contribution >= 0.6 is 0 Å². The minimum atomic E-state index is -2.66. The quantitative estimate of drug-likeness (QED) is 0.668. The summed E-state index contributed by atoms with van der Waals surface area (Å²) in [5.74, 6) is -0.221. The van der Waals surface area contributed by atoms with Gasteiger partial charge in [-0.1, -0.05) is 17.2 Å². The number of aryl methyl sites for hydroxylation is 2. The normalized spacial score (nSPS) is 17.6. The molecule has 0 radical (unpaired) electrons. The van der Waals surface area contributed by atoms with Crippen molar-refractivity contribution in [1.29, 1.82) is 0 Å². The summed E-state index contributed by atoms with van der Waals surface area (Å²) in [6.45, 7) is 4.48. The third-order valence-electron chi connectivity index (χ3n) is 5.16. The first-order chi connectivity index (χ1) is 13.5. The third kappa shape index (κ3) is 3.25. The largest absolute Gasteiger partial charge is 0.351 e. The van der Waals surface area contributed by atoms with Crippen LogP contribution in [0.2, 0.25) is 0 Å². The fourth-order valence-corrected chi connectivity index (χ4v) is 3.67. The number of halogens is 2. The Labute approximate surface area is 159 Å². The van der Waals surface area contributed by atoms with Gasteiger partial charge in [-0.2, -0.15) is 0 Å². The van der Waals surface area contributed by atoms with Gasteiger partial charge >= 0.3 is 0 Å². The summed E-state index contributed by atoms with van der Waals surface area (Å²) in [6, 6.07) is 3.06. The van der Waals surface area contributed by atoms with Crippen molar-refractivity contribution in [3.8, 4) is 0 Å². The zero-order valence-corrected chi connectivity index (χ0v) is 15.6. The van der Waals surface area contributed by atoms with Crippen molar-refractivity contribution < 1.29 is 22.6 Å². The van der Waals surface area contributed by atoms with Crippen LogP contribution in [0.1, 0.15) is 65.3 Å². The van der Waals surface area contributed by atoms with Crippen LogP contribution in [0.5, 0.6) is 0 Å². The van der Waals surface area contributed by atoms with Gasteiger partial charge in [-0.25, -0.2) is 13.8 Å². The van der Waals surface area contributed by atoms with Crippen LogP contribution < -0.4 is 0 Å². The molecule has 0 aromatic carbocycles. The number of likely N-dealkylation sites (tertiary alicyclic amines) is 1. The Bertz CT molecular complexity index is 1010. The minimum absolute atomic E-state index is 0.108. The maximum absolute atomic E-state index is 13.6. The average Bonchev–Trinajstić information content (AvgIpc) is 3.34. The van der Waals surface area contributed by atoms with Crippen LogP contribution in [0.25, 0.3) is 11.1 Å². The lowest BCUT2D eigenvalue weighted by Gasteiger charge is -2.32. The number of hydrogen-bond donors (Lipinski definition) is 0. The number of piperidine rings is 1. The second kappa shape index (κ2) is 7.29. The van der Waals surface area contributed by atoms with E-state index in [0.29, 0.717) is 36.6 Å². The van der Waals surface area contributed by atoms with Gasteiger partial charge in [-0.05, 0) is 32.3 Å². The summed E-state index contributed by atoms with van der Waals surface area (Å²) in [6.07, 6.45) is -0.500. The number of carbonyl (C=O) groups excluding carboxylic acids is 1. The molecule has 28 heavy (non-hydrogen) atoms. The van der Waals surface area contributed by atoms with E-state index in [1.165, 1.54) is 6.07 Å². The van der Waals surface area contributed by atoms with Crippen molar-refractivity contribution in [3.05, 3.63) is 40.5 Å². The van der Waals surface area contributed by atoms with Crippen molar-refractivity contribution in [2.24, 2.45) is 0 Å². The molecule has 7 nitrogen and oxygen atoms in total. The van der Waals surface area contributed by atoms with Gasteiger partial charge in [0.1, 0.15) is 0 Å². The number of aromatic nitrogens is 3. The molecule has 1 aliphatic rings. The molecule has 0 spiro atoms. The van der Waals surface area contributed by atoms with E-state index in [0.717, 1.165) is 12.8 Å². The molecule has 1 saturated heterocycles. The van der Waals surface area contributed by atoms with Gasteiger partial charge in [0, 0.05) is 36.3 Å². The minimum Gasteiger partial charge on any atom is -0.351 e. The summed E-state index contributed by atoms with van der Waals surface area (Å²) in [7, 11) is 0. The molecule has 4 rings (SSSR count). The topological polar surface area (TPSA) is 85.3 Å². The number of pyridine rings is 1. The third-order valence-corrected chi connectivity index (χ3v) is 5.16. The van der Waals surface area contributed by atoms with Crippen LogP contribution in [0.4, 0.5) is 8.78 Å².